The number of aliphatic carboxylic acids is 1. The highest BCUT2D eigenvalue weighted by Crippen LogP contribution is 2.33. The van der Waals surface area contributed by atoms with Crippen molar-refractivity contribution in [3.63, 3.8) is 0 Å². The number of hydrogen-bond acceptors (Lipinski definition) is 3. The van der Waals surface area contributed by atoms with Gasteiger partial charge in [-0.1, -0.05) is 24.3 Å². The lowest BCUT2D eigenvalue weighted by Crippen LogP contribution is -2.37. The predicted octanol–water partition coefficient (Wildman–Crippen LogP) is 3.34. The zero-order valence-electron chi connectivity index (χ0n) is 10.9. The van der Waals surface area contributed by atoms with Crippen molar-refractivity contribution in [3.8, 4) is 5.75 Å². The average Bonchev–Trinajstić information content (AvgIpc) is 2.38. The lowest BCUT2D eigenvalue weighted by Gasteiger charge is -2.22. The number of fused-ring (bicyclic) bond motifs is 1. The number of rotatable bonds is 4. The van der Waals surface area contributed by atoms with E-state index in [1.807, 2.05) is 0 Å². The molecule has 6 heteroatoms. The maximum atomic E-state index is 11.5. The number of carboxylic acids is 1. The molecule has 2 aromatic carbocycles. The predicted molar refractivity (Wildman–Crippen MR) is 78.6 cm³/mol. The van der Waals surface area contributed by atoms with Gasteiger partial charge in [0.1, 0.15) is 15.8 Å². The van der Waals surface area contributed by atoms with Crippen molar-refractivity contribution in [1.29, 1.82) is 0 Å². The summed E-state index contributed by atoms with van der Waals surface area (Å²) < 4.78 is 17.1. The molecule has 0 bridgehead atoms. The molecule has 4 nitrogen and oxygen atoms in total. The molecule has 0 aliphatic carbocycles. The summed E-state index contributed by atoms with van der Waals surface area (Å²) in [5.74, 6) is -0.648. The van der Waals surface area contributed by atoms with E-state index in [-0.39, 0.29) is 0 Å². The van der Waals surface area contributed by atoms with Crippen molar-refractivity contribution in [2.24, 2.45) is 0 Å². The van der Waals surface area contributed by atoms with Crippen LogP contribution < -0.4 is 4.74 Å². The Morgan fingerprint density at radius 1 is 1.20 bits per heavy atom. The van der Waals surface area contributed by atoms with E-state index in [2.05, 4.69) is 0 Å². The Balaban J connectivity index is 2.60. The summed E-state index contributed by atoms with van der Waals surface area (Å²) in [6, 6.07) is 10.3. The van der Waals surface area contributed by atoms with E-state index in [0.717, 1.165) is 0 Å². The normalized spacial score (nSPS) is 13.2. The van der Waals surface area contributed by atoms with Gasteiger partial charge in [-0.3, -0.25) is 0 Å². The van der Waals surface area contributed by atoms with E-state index in [4.69, 9.17) is 20.5 Å². The lowest BCUT2D eigenvalue weighted by atomic mass is 10.1. The Morgan fingerprint density at radius 3 is 2.35 bits per heavy atom. The van der Waals surface area contributed by atoms with E-state index in [1.165, 1.54) is 13.8 Å². The zero-order chi connectivity index (χ0) is 14.9. The van der Waals surface area contributed by atoms with E-state index in [9.17, 15) is 9.00 Å². The topological polar surface area (TPSA) is 63.6 Å². The fourth-order valence-corrected chi connectivity index (χ4v) is 2.72. The second-order valence-corrected chi connectivity index (χ2v) is 6.48. The summed E-state index contributed by atoms with van der Waals surface area (Å²) in [4.78, 5) is 11.6. The van der Waals surface area contributed by atoms with E-state index < -0.39 is 21.6 Å². The third-order valence-electron chi connectivity index (χ3n) is 2.90. The molecule has 106 valence electrons. The first-order valence-electron chi connectivity index (χ1n) is 5.85. The molecule has 0 unspecified atom stereocenters. The van der Waals surface area contributed by atoms with Crippen molar-refractivity contribution in [3.05, 3.63) is 36.4 Å². The largest absolute Gasteiger partial charge is 0.478 e. The molecule has 0 spiro atoms. The second-order valence-electron chi connectivity index (χ2n) is 4.75. The van der Waals surface area contributed by atoms with Gasteiger partial charge >= 0.3 is 5.97 Å². The Labute approximate surface area is 123 Å². The van der Waals surface area contributed by atoms with E-state index in [1.54, 1.807) is 36.4 Å². The van der Waals surface area contributed by atoms with Gasteiger partial charge in [-0.15, -0.1) is 0 Å². The summed E-state index contributed by atoms with van der Waals surface area (Å²) >= 11 is 0. The number of hydrogen-bond donors (Lipinski definition) is 1. The van der Waals surface area contributed by atoms with Crippen molar-refractivity contribution in [2.75, 3.05) is 0 Å². The van der Waals surface area contributed by atoms with Gasteiger partial charge in [-0.25, -0.2) is 9.00 Å². The van der Waals surface area contributed by atoms with Crippen molar-refractivity contribution in [2.45, 2.75) is 24.3 Å². The molecule has 0 saturated heterocycles. The van der Waals surface area contributed by atoms with Crippen molar-refractivity contribution in [1.82, 2.24) is 0 Å². The van der Waals surface area contributed by atoms with Crippen LogP contribution >= 0.6 is 10.7 Å². The van der Waals surface area contributed by atoms with Gasteiger partial charge in [0.2, 0.25) is 0 Å². The van der Waals surface area contributed by atoms with Crippen LogP contribution in [-0.2, 0) is 14.8 Å². The number of ether oxygens (including phenoxy) is 1. The fourth-order valence-electron chi connectivity index (χ4n) is 1.79. The summed E-state index contributed by atoms with van der Waals surface area (Å²) in [5, 5.41) is 10.5. The molecule has 2 aromatic rings. The standard InChI is InChI=1S/C14H13ClO4S/c1-14(2,13(16)17)19-11-7-8-12(20(15)18)10-6-4-3-5-9(10)11/h3-8H,1-2H3,(H,16,17)/t20-/m1/s1. The van der Waals surface area contributed by atoms with Crippen LogP contribution in [-0.4, -0.2) is 20.9 Å². The van der Waals surface area contributed by atoms with Crippen LogP contribution in [0.3, 0.4) is 0 Å². The second kappa shape index (κ2) is 5.42. The Bertz CT molecular complexity index is 697. The number of halogens is 1. The van der Waals surface area contributed by atoms with E-state index in [0.29, 0.717) is 21.4 Å². The highest BCUT2D eigenvalue weighted by Gasteiger charge is 2.30. The number of carbonyl (C=O) groups is 1. The SMILES string of the molecule is CC(C)(Oc1ccc([S@@](=O)Cl)c2ccccc12)C(=O)O. The summed E-state index contributed by atoms with van der Waals surface area (Å²) in [5.41, 5.74) is -1.36. The summed E-state index contributed by atoms with van der Waals surface area (Å²) in [6.07, 6.45) is 0. The van der Waals surface area contributed by atoms with Crippen LogP contribution in [0.25, 0.3) is 10.8 Å². The Hall–Kier alpha value is -1.59. The quantitative estimate of drug-likeness (QED) is 0.879. The smallest absolute Gasteiger partial charge is 0.347 e. The Morgan fingerprint density at radius 2 is 1.80 bits per heavy atom. The molecule has 0 radical (unpaired) electrons. The van der Waals surface area contributed by atoms with Crippen LogP contribution in [0.5, 0.6) is 5.75 Å². The monoisotopic (exact) mass is 312 g/mol. The molecule has 0 aliphatic rings. The van der Waals surface area contributed by atoms with Gasteiger partial charge in [-0.05, 0) is 36.7 Å². The fraction of sp³-hybridized carbons (Fsp3) is 0.214. The first kappa shape index (κ1) is 14.8. The van der Waals surface area contributed by atoms with Gasteiger partial charge in [0.25, 0.3) is 0 Å². The first-order chi connectivity index (χ1) is 9.33. The molecule has 2 rings (SSSR count). The third-order valence-corrected chi connectivity index (χ3v) is 4.10. The van der Waals surface area contributed by atoms with Crippen molar-refractivity contribution >= 4 is 37.4 Å². The van der Waals surface area contributed by atoms with Crippen LogP contribution in [0.1, 0.15) is 13.8 Å². The molecule has 0 fully saturated rings. The minimum absolute atomic E-state index is 0.416. The summed E-state index contributed by atoms with van der Waals surface area (Å²) in [6.45, 7) is 2.94. The molecule has 20 heavy (non-hydrogen) atoms. The molecule has 0 saturated carbocycles. The van der Waals surface area contributed by atoms with Crippen LogP contribution in [0.4, 0.5) is 0 Å². The minimum Gasteiger partial charge on any atom is -0.478 e. The Kier molecular flexibility index (Phi) is 4.01. The molecular formula is C14H13ClO4S. The maximum Gasteiger partial charge on any atom is 0.347 e. The number of benzene rings is 2. The van der Waals surface area contributed by atoms with Crippen molar-refractivity contribution < 1.29 is 18.8 Å². The molecule has 1 atom stereocenters. The van der Waals surface area contributed by atoms with Crippen LogP contribution in [0.2, 0.25) is 0 Å². The molecular weight excluding hydrogens is 300 g/mol. The lowest BCUT2D eigenvalue weighted by molar-refractivity contribution is -0.152. The third kappa shape index (κ3) is 2.78. The van der Waals surface area contributed by atoms with Gasteiger partial charge in [0.05, 0.1) is 4.90 Å². The molecule has 0 amide bonds. The van der Waals surface area contributed by atoms with Gasteiger partial charge < -0.3 is 9.84 Å². The first-order valence-corrected chi connectivity index (χ1v) is 7.83. The maximum absolute atomic E-state index is 11.5. The number of carboxylic acid groups (broad SMARTS) is 1. The average molecular weight is 313 g/mol. The minimum atomic E-state index is -1.64. The molecule has 1 N–H and O–H groups in total. The van der Waals surface area contributed by atoms with Gasteiger partial charge in [0, 0.05) is 10.8 Å². The van der Waals surface area contributed by atoms with Crippen LogP contribution in [0.15, 0.2) is 41.3 Å². The van der Waals surface area contributed by atoms with E-state index >= 15 is 0 Å². The van der Waals surface area contributed by atoms with Gasteiger partial charge in [0.15, 0.2) is 5.60 Å². The summed E-state index contributed by atoms with van der Waals surface area (Å²) in [7, 11) is 4.01. The van der Waals surface area contributed by atoms with Crippen LogP contribution in [0, 0.1) is 0 Å². The molecule has 0 aliphatic heterocycles. The van der Waals surface area contributed by atoms with Gasteiger partial charge in [-0.2, -0.15) is 0 Å². The molecule has 0 heterocycles. The zero-order valence-corrected chi connectivity index (χ0v) is 12.5. The highest BCUT2D eigenvalue weighted by atomic mass is 35.7. The highest BCUT2D eigenvalue weighted by molar-refractivity contribution is 8.08. The molecule has 0 aromatic heterocycles.